The minimum absolute atomic E-state index is 0.0282. The third kappa shape index (κ3) is 5.69. The molecule has 160 valence electrons. The lowest BCUT2D eigenvalue weighted by Gasteiger charge is -2.31. The third-order valence-electron chi connectivity index (χ3n) is 5.23. The highest BCUT2D eigenvalue weighted by Gasteiger charge is 2.22. The van der Waals surface area contributed by atoms with E-state index in [1.807, 2.05) is 61.7 Å². The molecule has 0 aliphatic carbocycles. The van der Waals surface area contributed by atoms with Gasteiger partial charge < -0.3 is 14.8 Å². The summed E-state index contributed by atoms with van der Waals surface area (Å²) in [6.07, 6.45) is 6.10. The Morgan fingerprint density at radius 3 is 2.87 bits per heavy atom. The van der Waals surface area contributed by atoms with Gasteiger partial charge in [-0.25, -0.2) is 4.98 Å². The Morgan fingerprint density at radius 2 is 2.06 bits per heavy atom. The van der Waals surface area contributed by atoms with Crippen LogP contribution in [0, 0.1) is 6.92 Å². The van der Waals surface area contributed by atoms with Crippen molar-refractivity contribution in [2.24, 2.45) is 0 Å². The zero-order valence-electron chi connectivity index (χ0n) is 18.0. The number of nitrogens with zero attached hydrogens (tertiary/aromatic N) is 3. The van der Waals surface area contributed by atoms with Gasteiger partial charge in [0.05, 0.1) is 31.3 Å². The van der Waals surface area contributed by atoms with Crippen molar-refractivity contribution >= 4 is 17.6 Å². The molecule has 0 radical (unpaired) electrons. The van der Waals surface area contributed by atoms with Gasteiger partial charge in [-0.3, -0.25) is 9.88 Å². The number of anilines is 2. The van der Waals surface area contributed by atoms with Crippen molar-refractivity contribution in [1.82, 2.24) is 14.9 Å². The number of hydrogen-bond donors (Lipinski definition) is 1. The molecule has 1 unspecified atom stereocenters. The van der Waals surface area contributed by atoms with Gasteiger partial charge in [0.1, 0.15) is 17.7 Å². The fourth-order valence-corrected chi connectivity index (χ4v) is 3.61. The summed E-state index contributed by atoms with van der Waals surface area (Å²) in [4.78, 5) is 11.5. The predicted octanol–water partition coefficient (Wildman–Crippen LogP) is 4.62. The second-order valence-electron chi connectivity index (χ2n) is 7.52. The summed E-state index contributed by atoms with van der Waals surface area (Å²) < 4.78 is 11.4. The van der Waals surface area contributed by atoms with Crippen LogP contribution in [0.4, 0.5) is 11.5 Å². The average molecular weight is 417 g/mol. The number of aryl methyl sites for hydroxylation is 1. The normalized spacial score (nSPS) is 17.0. The zero-order valence-corrected chi connectivity index (χ0v) is 18.0. The number of methoxy groups -OCH3 is 1. The van der Waals surface area contributed by atoms with Crippen LogP contribution in [0.25, 0.3) is 6.08 Å². The van der Waals surface area contributed by atoms with Gasteiger partial charge in [0, 0.05) is 30.9 Å². The second kappa shape index (κ2) is 10.2. The number of para-hydroxylation sites is 1. The first-order chi connectivity index (χ1) is 15.2. The van der Waals surface area contributed by atoms with Crippen LogP contribution in [0.3, 0.4) is 0 Å². The fraction of sp³-hybridized carbons (Fsp3) is 0.280. The average Bonchev–Trinajstić information content (AvgIpc) is 2.80. The highest BCUT2D eigenvalue weighted by Crippen LogP contribution is 2.23. The van der Waals surface area contributed by atoms with Gasteiger partial charge in [0.15, 0.2) is 0 Å². The van der Waals surface area contributed by atoms with E-state index in [0.717, 1.165) is 53.8 Å². The lowest BCUT2D eigenvalue weighted by Crippen LogP contribution is -2.38. The molecular formula is C25H28N4O2. The number of benzene rings is 1. The molecule has 1 saturated heterocycles. The first-order valence-electron chi connectivity index (χ1n) is 10.5. The van der Waals surface area contributed by atoms with Crippen LogP contribution in [-0.2, 0) is 4.74 Å². The first-order valence-corrected chi connectivity index (χ1v) is 10.5. The molecule has 2 aromatic heterocycles. The monoisotopic (exact) mass is 416 g/mol. The Kier molecular flexibility index (Phi) is 6.92. The molecule has 1 aliphatic rings. The number of morpholine rings is 1. The quantitative estimate of drug-likeness (QED) is 0.606. The molecule has 1 aromatic carbocycles. The number of hydrogen-bond acceptors (Lipinski definition) is 6. The van der Waals surface area contributed by atoms with Crippen molar-refractivity contribution in [3.05, 3.63) is 83.8 Å². The summed E-state index contributed by atoms with van der Waals surface area (Å²) in [5.41, 5.74) is 3.92. The van der Waals surface area contributed by atoms with E-state index in [9.17, 15) is 0 Å². The van der Waals surface area contributed by atoms with Crippen molar-refractivity contribution in [3.8, 4) is 5.75 Å². The van der Waals surface area contributed by atoms with Crippen LogP contribution < -0.4 is 10.1 Å². The Labute approximate surface area is 183 Å². The lowest BCUT2D eigenvalue weighted by molar-refractivity contribution is -0.0281. The summed E-state index contributed by atoms with van der Waals surface area (Å²) in [5, 5.41) is 3.29. The van der Waals surface area contributed by atoms with Crippen LogP contribution in [0.2, 0.25) is 0 Å². The van der Waals surface area contributed by atoms with Crippen LogP contribution in [0.5, 0.6) is 5.75 Å². The molecule has 3 heterocycles. The highest BCUT2D eigenvalue weighted by molar-refractivity contribution is 5.57. The van der Waals surface area contributed by atoms with Gasteiger partial charge in [-0.2, -0.15) is 0 Å². The molecule has 0 spiro atoms. The Morgan fingerprint density at radius 1 is 1.16 bits per heavy atom. The summed E-state index contributed by atoms with van der Waals surface area (Å²) >= 11 is 0. The first kappa shape index (κ1) is 21.0. The van der Waals surface area contributed by atoms with Crippen molar-refractivity contribution in [3.63, 3.8) is 0 Å². The maximum absolute atomic E-state index is 5.99. The van der Waals surface area contributed by atoms with Gasteiger partial charge >= 0.3 is 0 Å². The van der Waals surface area contributed by atoms with Crippen molar-refractivity contribution in [2.75, 3.05) is 38.7 Å². The van der Waals surface area contributed by atoms with Crippen molar-refractivity contribution in [1.29, 1.82) is 0 Å². The Hall–Kier alpha value is -3.22. The van der Waals surface area contributed by atoms with Gasteiger partial charge in [0.2, 0.25) is 0 Å². The number of aromatic nitrogens is 2. The number of ether oxygens (including phenoxy) is 2. The van der Waals surface area contributed by atoms with Crippen molar-refractivity contribution in [2.45, 2.75) is 13.0 Å². The molecular weight excluding hydrogens is 388 g/mol. The zero-order chi connectivity index (χ0) is 21.5. The van der Waals surface area contributed by atoms with Crippen LogP contribution in [0.15, 0.2) is 66.9 Å². The summed E-state index contributed by atoms with van der Waals surface area (Å²) in [7, 11) is 1.70. The predicted molar refractivity (Wildman–Crippen MR) is 124 cm³/mol. The number of nitrogens with one attached hydrogen (secondary N) is 1. The van der Waals surface area contributed by atoms with Gasteiger partial charge in [-0.15, -0.1) is 0 Å². The number of rotatable bonds is 7. The number of pyridine rings is 2. The van der Waals surface area contributed by atoms with E-state index in [1.165, 1.54) is 0 Å². The molecule has 1 aliphatic heterocycles. The molecule has 1 N–H and O–H groups in total. The molecule has 0 bridgehead atoms. The van der Waals surface area contributed by atoms with E-state index in [1.54, 1.807) is 7.11 Å². The SMILES string of the molecule is COc1ccccc1/C=C/CN1CCOC(c2ccc(Nc3cccc(C)n3)cn2)C1. The molecule has 0 amide bonds. The van der Waals surface area contributed by atoms with E-state index in [0.29, 0.717) is 6.61 Å². The fourth-order valence-electron chi connectivity index (χ4n) is 3.61. The van der Waals surface area contributed by atoms with E-state index in [-0.39, 0.29) is 6.10 Å². The molecule has 6 nitrogen and oxygen atoms in total. The summed E-state index contributed by atoms with van der Waals surface area (Å²) in [5.74, 6) is 1.70. The van der Waals surface area contributed by atoms with Crippen LogP contribution >= 0.6 is 0 Å². The molecule has 1 fully saturated rings. The third-order valence-corrected chi connectivity index (χ3v) is 5.23. The van der Waals surface area contributed by atoms with E-state index in [2.05, 4.69) is 38.4 Å². The smallest absolute Gasteiger partial charge is 0.130 e. The van der Waals surface area contributed by atoms with Gasteiger partial charge in [-0.1, -0.05) is 36.4 Å². The van der Waals surface area contributed by atoms with Crippen molar-refractivity contribution < 1.29 is 9.47 Å². The van der Waals surface area contributed by atoms with Crippen LogP contribution in [-0.4, -0.2) is 48.2 Å². The van der Waals surface area contributed by atoms with E-state index >= 15 is 0 Å². The minimum Gasteiger partial charge on any atom is -0.496 e. The molecule has 0 saturated carbocycles. The second-order valence-corrected chi connectivity index (χ2v) is 7.52. The van der Waals surface area contributed by atoms with Gasteiger partial charge in [0.25, 0.3) is 0 Å². The molecule has 6 heteroatoms. The minimum atomic E-state index is -0.0282. The molecule has 1 atom stereocenters. The Balaban J connectivity index is 1.34. The largest absolute Gasteiger partial charge is 0.496 e. The summed E-state index contributed by atoms with van der Waals surface area (Å²) in [6, 6.07) is 18.0. The molecule has 3 aromatic rings. The maximum Gasteiger partial charge on any atom is 0.130 e. The molecule has 31 heavy (non-hydrogen) atoms. The topological polar surface area (TPSA) is 59.5 Å². The standard InChI is InChI=1S/C25H28N4O2/c1-19-7-5-11-25(27-19)28-21-12-13-22(26-17-21)24-18-29(15-16-31-24)14-6-9-20-8-3-4-10-23(20)30-2/h3-13,17,24H,14-16,18H2,1-2H3,(H,27,28)/b9-6+. The molecule has 4 rings (SSSR count). The summed E-state index contributed by atoms with van der Waals surface area (Å²) in [6.45, 7) is 5.25. The van der Waals surface area contributed by atoms with E-state index in [4.69, 9.17) is 9.47 Å². The Bertz CT molecular complexity index is 1020. The van der Waals surface area contributed by atoms with Gasteiger partial charge in [-0.05, 0) is 37.3 Å². The van der Waals surface area contributed by atoms with E-state index < -0.39 is 0 Å². The van der Waals surface area contributed by atoms with Crippen LogP contribution in [0.1, 0.15) is 23.1 Å². The highest BCUT2D eigenvalue weighted by atomic mass is 16.5. The maximum atomic E-state index is 5.99. The lowest BCUT2D eigenvalue weighted by atomic mass is 10.1.